The van der Waals surface area contributed by atoms with Crippen LogP contribution in [-0.2, 0) is 6.42 Å². The van der Waals surface area contributed by atoms with E-state index in [2.05, 4.69) is 43.4 Å². The number of aryl methyl sites for hydroxylation is 1. The van der Waals surface area contributed by atoms with Gasteiger partial charge in [0.05, 0.1) is 0 Å². The highest BCUT2D eigenvalue weighted by atomic mass is 15.0. The summed E-state index contributed by atoms with van der Waals surface area (Å²) in [5.41, 5.74) is 3.17. The summed E-state index contributed by atoms with van der Waals surface area (Å²) in [6.45, 7) is 5.68. The van der Waals surface area contributed by atoms with Crippen molar-refractivity contribution in [3.63, 3.8) is 0 Å². The number of hydrogen-bond donors (Lipinski definition) is 1. The summed E-state index contributed by atoms with van der Waals surface area (Å²) in [7, 11) is 0. The molecule has 0 amide bonds. The van der Waals surface area contributed by atoms with Crippen molar-refractivity contribution in [2.45, 2.75) is 38.6 Å². The zero-order valence-electron chi connectivity index (χ0n) is 9.14. The minimum Gasteiger partial charge on any atom is -0.311 e. The van der Waals surface area contributed by atoms with Crippen molar-refractivity contribution >= 4 is 0 Å². The van der Waals surface area contributed by atoms with Crippen LogP contribution in [-0.4, -0.2) is 12.1 Å². The fourth-order valence-electron chi connectivity index (χ4n) is 2.38. The predicted molar refractivity (Wildman–Crippen MR) is 60.5 cm³/mol. The largest absolute Gasteiger partial charge is 0.311 e. The van der Waals surface area contributed by atoms with Gasteiger partial charge in [0.2, 0.25) is 0 Å². The lowest BCUT2D eigenvalue weighted by Gasteiger charge is -2.24. The first kappa shape index (κ1) is 9.72. The number of rotatable bonds is 2. The smallest absolute Gasteiger partial charge is 0.0194 e. The molecule has 1 aromatic carbocycles. The highest BCUT2D eigenvalue weighted by Gasteiger charge is 2.27. The van der Waals surface area contributed by atoms with Crippen LogP contribution in [0.3, 0.4) is 0 Å². The molecule has 1 atom stereocenters. The van der Waals surface area contributed by atoms with Crippen molar-refractivity contribution in [1.82, 2.24) is 5.32 Å². The standard InChI is InChI=1S/C13H19N/c1-11-5-3-6-12(9-11)10-13(2)7-4-8-14-13/h3,5-6,9,14H,4,7-8,10H2,1-2H3/t13-/m1/s1. The maximum absolute atomic E-state index is 3.60. The molecule has 1 fully saturated rings. The monoisotopic (exact) mass is 189 g/mol. The van der Waals surface area contributed by atoms with Crippen molar-refractivity contribution in [2.24, 2.45) is 0 Å². The Hall–Kier alpha value is -0.820. The molecule has 1 heterocycles. The number of benzene rings is 1. The minimum atomic E-state index is 0.341. The van der Waals surface area contributed by atoms with Crippen LogP contribution in [0.2, 0.25) is 0 Å². The lowest BCUT2D eigenvalue weighted by Crippen LogP contribution is -2.38. The topological polar surface area (TPSA) is 12.0 Å². The average Bonchev–Trinajstić information content (AvgIpc) is 2.51. The summed E-state index contributed by atoms with van der Waals surface area (Å²) < 4.78 is 0. The van der Waals surface area contributed by atoms with E-state index in [4.69, 9.17) is 0 Å². The van der Waals surface area contributed by atoms with E-state index in [-0.39, 0.29) is 0 Å². The van der Waals surface area contributed by atoms with Crippen LogP contribution in [0.1, 0.15) is 30.9 Å². The molecule has 1 aliphatic heterocycles. The second-order valence-corrected chi connectivity index (χ2v) is 4.76. The van der Waals surface area contributed by atoms with Crippen LogP contribution in [0.15, 0.2) is 24.3 Å². The quantitative estimate of drug-likeness (QED) is 0.754. The van der Waals surface area contributed by atoms with Gasteiger partial charge in [0, 0.05) is 5.54 Å². The van der Waals surface area contributed by atoms with Crippen LogP contribution in [0.5, 0.6) is 0 Å². The molecule has 0 unspecified atom stereocenters. The van der Waals surface area contributed by atoms with Gasteiger partial charge >= 0.3 is 0 Å². The van der Waals surface area contributed by atoms with Gasteiger partial charge in [-0.2, -0.15) is 0 Å². The molecule has 0 radical (unpaired) electrons. The highest BCUT2D eigenvalue weighted by molar-refractivity contribution is 5.24. The zero-order chi connectivity index (χ0) is 10.0. The maximum Gasteiger partial charge on any atom is 0.0194 e. The van der Waals surface area contributed by atoms with Gasteiger partial charge in [-0.05, 0) is 45.2 Å². The van der Waals surface area contributed by atoms with Gasteiger partial charge in [0.1, 0.15) is 0 Å². The van der Waals surface area contributed by atoms with Crippen molar-refractivity contribution in [3.8, 4) is 0 Å². The molecule has 0 bridgehead atoms. The van der Waals surface area contributed by atoms with Crippen molar-refractivity contribution in [2.75, 3.05) is 6.54 Å². The Bertz CT molecular complexity index is 311. The Morgan fingerprint density at radius 1 is 1.43 bits per heavy atom. The lowest BCUT2D eigenvalue weighted by molar-refractivity contribution is 0.412. The van der Waals surface area contributed by atoms with Gasteiger partial charge < -0.3 is 5.32 Å². The van der Waals surface area contributed by atoms with E-state index in [1.54, 1.807) is 0 Å². The van der Waals surface area contributed by atoms with E-state index in [9.17, 15) is 0 Å². The van der Waals surface area contributed by atoms with E-state index >= 15 is 0 Å². The first-order valence-corrected chi connectivity index (χ1v) is 5.49. The third-order valence-electron chi connectivity index (χ3n) is 3.13. The third-order valence-corrected chi connectivity index (χ3v) is 3.13. The van der Waals surface area contributed by atoms with Gasteiger partial charge in [0.25, 0.3) is 0 Å². The summed E-state index contributed by atoms with van der Waals surface area (Å²) >= 11 is 0. The molecule has 1 N–H and O–H groups in total. The molecule has 0 spiro atoms. The first-order valence-electron chi connectivity index (χ1n) is 5.49. The summed E-state index contributed by atoms with van der Waals surface area (Å²) in [5.74, 6) is 0. The highest BCUT2D eigenvalue weighted by Crippen LogP contribution is 2.23. The summed E-state index contributed by atoms with van der Waals surface area (Å²) in [6, 6.07) is 8.85. The molecule has 76 valence electrons. The van der Waals surface area contributed by atoms with Crippen molar-refractivity contribution in [1.29, 1.82) is 0 Å². The van der Waals surface area contributed by atoms with Crippen LogP contribution < -0.4 is 5.32 Å². The van der Waals surface area contributed by atoms with Crippen LogP contribution in [0.4, 0.5) is 0 Å². The van der Waals surface area contributed by atoms with Gasteiger partial charge in [-0.3, -0.25) is 0 Å². The third kappa shape index (κ3) is 2.16. The summed E-state index contributed by atoms with van der Waals surface area (Å²) in [6.07, 6.45) is 3.79. The Labute approximate surface area is 86.5 Å². The Morgan fingerprint density at radius 2 is 2.29 bits per heavy atom. The van der Waals surface area contributed by atoms with Crippen LogP contribution >= 0.6 is 0 Å². The van der Waals surface area contributed by atoms with E-state index in [0.717, 1.165) is 6.42 Å². The molecule has 0 saturated carbocycles. The van der Waals surface area contributed by atoms with E-state index < -0.39 is 0 Å². The maximum atomic E-state index is 3.60. The van der Waals surface area contributed by atoms with Crippen molar-refractivity contribution in [3.05, 3.63) is 35.4 Å². The molecule has 1 aliphatic rings. The zero-order valence-corrected chi connectivity index (χ0v) is 9.14. The fourth-order valence-corrected chi connectivity index (χ4v) is 2.38. The normalized spacial score (nSPS) is 26.7. The SMILES string of the molecule is Cc1cccc(C[C@@]2(C)CCCN2)c1. The van der Waals surface area contributed by atoms with Crippen molar-refractivity contribution < 1.29 is 0 Å². The second-order valence-electron chi connectivity index (χ2n) is 4.76. The second kappa shape index (κ2) is 3.74. The van der Waals surface area contributed by atoms with Gasteiger partial charge in [-0.1, -0.05) is 29.8 Å². The first-order chi connectivity index (χ1) is 6.68. The number of hydrogen-bond acceptors (Lipinski definition) is 1. The molecular weight excluding hydrogens is 170 g/mol. The molecule has 1 heteroatoms. The molecule has 1 saturated heterocycles. The minimum absolute atomic E-state index is 0.341. The van der Waals surface area contributed by atoms with E-state index in [1.807, 2.05) is 0 Å². The molecule has 1 nitrogen and oxygen atoms in total. The molecule has 2 rings (SSSR count). The van der Waals surface area contributed by atoms with Gasteiger partial charge in [-0.15, -0.1) is 0 Å². The average molecular weight is 189 g/mol. The van der Waals surface area contributed by atoms with E-state index in [1.165, 1.54) is 30.5 Å². The van der Waals surface area contributed by atoms with Gasteiger partial charge in [-0.25, -0.2) is 0 Å². The number of nitrogens with one attached hydrogen (secondary N) is 1. The molecular formula is C13H19N. The Morgan fingerprint density at radius 3 is 2.93 bits per heavy atom. The summed E-state index contributed by atoms with van der Waals surface area (Å²) in [5, 5.41) is 3.60. The molecule has 0 aliphatic carbocycles. The Kier molecular flexibility index (Phi) is 2.60. The molecule has 1 aromatic rings. The fraction of sp³-hybridized carbons (Fsp3) is 0.538. The van der Waals surface area contributed by atoms with Crippen LogP contribution in [0, 0.1) is 6.92 Å². The Balaban J connectivity index is 2.10. The van der Waals surface area contributed by atoms with Crippen LogP contribution in [0.25, 0.3) is 0 Å². The lowest BCUT2D eigenvalue weighted by atomic mass is 9.91. The van der Waals surface area contributed by atoms with Gasteiger partial charge in [0.15, 0.2) is 0 Å². The summed E-state index contributed by atoms with van der Waals surface area (Å²) in [4.78, 5) is 0. The molecule has 0 aromatic heterocycles. The molecule has 14 heavy (non-hydrogen) atoms. The van der Waals surface area contributed by atoms with E-state index in [0.29, 0.717) is 5.54 Å². The predicted octanol–water partition coefficient (Wildman–Crippen LogP) is 2.68.